The van der Waals surface area contributed by atoms with Gasteiger partial charge in [0.25, 0.3) is 5.91 Å². The molecule has 0 radical (unpaired) electrons. The van der Waals surface area contributed by atoms with E-state index >= 15 is 0 Å². The number of benzene rings is 2. The smallest absolute Gasteiger partial charge is 0.266 e. The molecule has 0 N–H and O–H groups in total. The first-order valence-corrected chi connectivity index (χ1v) is 11.4. The van der Waals surface area contributed by atoms with E-state index in [2.05, 4.69) is 5.10 Å². The van der Waals surface area contributed by atoms with Gasteiger partial charge in [0.1, 0.15) is 4.32 Å². The molecule has 4 rings (SSSR count). The number of carbonyl (C=O) groups is 3. The molecule has 1 aromatic heterocycles. The molecule has 0 aliphatic carbocycles. The molecule has 0 saturated carbocycles. The van der Waals surface area contributed by atoms with Crippen molar-refractivity contribution >= 4 is 63.8 Å². The summed E-state index contributed by atoms with van der Waals surface area (Å²) < 4.78 is 1.56. The van der Waals surface area contributed by atoms with Crippen molar-refractivity contribution in [3.8, 4) is 16.9 Å². The Morgan fingerprint density at radius 2 is 1.79 bits per heavy atom. The lowest BCUT2D eigenvalue weighted by Crippen LogP contribution is -2.52. The minimum atomic E-state index is -1.77. The van der Waals surface area contributed by atoms with Gasteiger partial charge in [-0.2, -0.15) is 5.10 Å². The van der Waals surface area contributed by atoms with E-state index in [9.17, 15) is 24.6 Å². The molecule has 3 aromatic rings. The highest BCUT2D eigenvalue weighted by Crippen LogP contribution is 2.36. The van der Waals surface area contributed by atoms with Crippen molar-refractivity contribution in [3.05, 3.63) is 76.3 Å². The molecule has 1 aliphatic heterocycles. The fourth-order valence-corrected chi connectivity index (χ4v) is 4.84. The van der Waals surface area contributed by atoms with Crippen LogP contribution in [0.4, 0.5) is 0 Å². The maximum absolute atomic E-state index is 13.0. The van der Waals surface area contributed by atoms with Gasteiger partial charge in [-0.05, 0) is 30.3 Å². The van der Waals surface area contributed by atoms with Gasteiger partial charge in [0.15, 0.2) is 0 Å². The monoisotopic (exact) mass is 511 g/mol. The van der Waals surface area contributed by atoms with E-state index in [0.29, 0.717) is 16.3 Å². The summed E-state index contributed by atoms with van der Waals surface area (Å²) in [7, 11) is 0. The molecule has 0 spiro atoms. The molecule has 1 fully saturated rings. The van der Waals surface area contributed by atoms with Crippen molar-refractivity contribution in [2.45, 2.75) is 12.5 Å². The maximum atomic E-state index is 13.0. The van der Waals surface area contributed by atoms with E-state index in [0.717, 1.165) is 27.9 Å². The van der Waals surface area contributed by atoms with E-state index in [1.807, 2.05) is 30.3 Å². The summed E-state index contributed by atoms with van der Waals surface area (Å²) in [6.45, 7) is 0. The first-order chi connectivity index (χ1) is 16.2. The third kappa shape index (κ3) is 4.89. The molecule has 2 aromatic carbocycles. The highest BCUT2D eigenvalue weighted by molar-refractivity contribution is 8.26. The average Bonchev–Trinajstić information content (AvgIpc) is 3.34. The van der Waals surface area contributed by atoms with Crippen LogP contribution in [0.25, 0.3) is 23.0 Å². The van der Waals surface area contributed by atoms with Crippen LogP contribution in [-0.4, -0.2) is 42.9 Å². The predicted molar refractivity (Wildman–Crippen MR) is 127 cm³/mol. The van der Waals surface area contributed by atoms with Gasteiger partial charge in [-0.15, -0.1) is 0 Å². The fourth-order valence-electron chi connectivity index (χ4n) is 3.37. The zero-order valence-electron chi connectivity index (χ0n) is 17.2. The van der Waals surface area contributed by atoms with Crippen LogP contribution in [0.5, 0.6) is 0 Å². The lowest BCUT2D eigenvalue weighted by Gasteiger charge is -2.27. The third-order valence-electron chi connectivity index (χ3n) is 4.93. The normalized spacial score (nSPS) is 15.7. The van der Waals surface area contributed by atoms with Crippen LogP contribution in [-0.2, 0) is 14.4 Å². The van der Waals surface area contributed by atoms with Crippen molar-refractivity contribution < 1.29 is 24.6 Å². The van der Waals surface area contributed by atoms with Gasteiger partial charge in [0.05, 0.1) is 28.3 Å². The van der Waals surface area contributed by atoms with Crippen LogP contribution in [0, 0.1) is 0 Å². The minimum absolute atomic E-state index is 0.0878. The van der Waals surface area contributed by atoms with Gasteiger partial charge in [0, 0.05) is 34.7 Å². The number of carbonyl (C=O) groups excluding carboxylic acids is 3. The zero-order valence-corrected chi connectivity index (χ0v) is 19.6. The van der Waals surface area contributed by atoms with Crippen LogP contribution in [0.1, 0.15) is 12.0 Å². The molecule has 2 heterocycles. The lowest BCUT2D eigenvalue weighted by atomic mass is 10.1. The van der Waals surface area contributed by atoms with Gasteiger partial charge in [-0.25, -0.2) is 4.68 Å². The highest BCUT2D eigenvalue weighted by Gasteiger charge is 2.38. The van der Waals surface area contributed by atoms with Crippen LogP contribution in [0.15, 0.2) is 65.7 Å². The molecular weight excluding hydrogens is 498 g/mol. The Kier molecular flexibility index (Phi) is 6.82. The molecule has 11 heteroatoms. The number of aliphatic carboxylic acids is 2. The van der Waals surface area contributed by atoms with Crippen molar-refractivity contribution in [2.75, 3.05) is 0 Å². The zero-order chi connectivity index (χ0) is 24.4. The van der Waals surface area contributed by atoms with Gasteiger partial charge >= 0.3 is 0 Å². The number of rotatable bonds is 7. The van der Waals surface area contributed by atoms with Gasteiger partial charge in [0.2, 0.25) is 0 Å². The first kappa shape index (κ1) is 23.7. The number of thiocarbonyl (C=S) groups is 1. The molecular formula is C23H14ClN3O5S2-2. The lowest BCUT2D eigenvalue weighted by molar-refractivity contribution is -0.319. The Bertz CT molecular complexity index is 1320. The van der Waals surface area contributed by atoms with E-state index in [1.165, 1.54) is 0 Å². The van der Waals surface area contributed by atoms with Crippen LogP contribution >= 0.6 is 35.6 Å². The Morgan fingerprint density at radius 1 is 1.12 bits per heavy atom. The molecule has 8 nitrogen and oxygen atoms in total. The molecule has 34 heavy (non-hydrogen) atoms. The number of hydrogen-bond donors (Lipinski definition) is 0. The van der Waals surface area contributed by atoms with E-state index in [1.54, 1.807) is 41.2 Å². The second-order valence-electron chi connectivity index (χ2n) is 7.18. The van der Waals surface area contributed by atoms with E-state index in [-0.39, 0.29) is 9.23 Å². The molecule has 0 unspecified atom stereocenters. The number of nitrogens with zero attached hydrogens (tertiary/aromatic N) is 3. The number of halogens is 1. The van der Waals surface area contributed by atoms with Crippen molar-refractivity contribution in [2.24, 2.45) is 0 Å². The largest absolute Gasteiger partial charge is 0.550 e. The minimum Gasteiger partial charge on any atom is -0.550 e. The Labute approximate surface area is 208 Å². The molecule has 1 saturated heterocycles. The van der Waals surface area contributed by atoms with E-state index in [4.69, 9.17) is 23.8 Å². The van der Waals surface area contributed by atoms with E-state index < -0.39 is 30.3 Å². The quantitative estimate of drug-likeness (QED) is 0.347. The average molecular weight is 512 g/mol. The summed E-state index contributed by atoms with van der Waals surface area (Å²) in [5, 5.41) is 27.7. The van der Waals surface area contributed by atoms with Gasteiger partial charge in [-0.3, -0.25) is 9.69 Å². The number of hydrogen-bond acceptors (Lipinski definition) is 8. The number of aromatic nitrogens is 2. The topological polar surface area (TPSA) is 118 Å². The standard InChI is InChI=1S/C23H16ClN3O5S2/c24-15-8-6-13(7-9-15)20-14(12-26(25-20)16-4-2-1-3-5-16)10-18-21(30)27(23(33)34-18)17(22(31)32)11-19(28)29/h1-10,12,17H,11H2,(H,28,29)(H,31,32)/p-2/b18-10-/t17-/m1/s1. The first-order valence-electron chi connectivity index (χ1n) is 9.83. The molecule has 1 atom stereocenters. The maximum Gasteiger partial charge on any atom is 0.266 e. The number of para-hydroxylation sites is 1. The summed E-state index contributed by atoms with van der Waals surface area (Å²) in [6.07, 6.45) is 2.33. The van der Waals surface area contributed by atoms with Crippen LogP contribution in [0.2, 0.25) is 5.02 Å². The highest BCUT2D eigenvalue weighted by atomic mass is 35.5. The second-order valence-corrected chi connectivity index (χ2v) is 9.29. The van der Waals surface area contributed by atoms with Gasteiger partial charge in [-0.1, -0.05) is 65.9 Å². The van der Waals surface area contributed by atoms with Crippen LogP contribution < -0.4 is 10.2 Å². The van der Waals surface area contributed by atoms with Crippen molar-refractivity contribution in [3.63, 3.8) is 0 Å². The summed E-state index contributed by atoms with van der Waals surface area (Å²) in [6, 6.07) is 14.6. The summed E-state index contributed by atoms with van der Waals surface area (Å²) >= 11 is 12.1. The molecule has 1 aliphatic rings. The SMILES string of the molecule is O=C([O-])C[C@H](C(=O)[O-])N1C(=O)/C(=C/c2cn(-c3ccccc3)nc2-c2ccc(Cl)cc2)SC1=S. The van der Waals surface area contributed by atoms with Crippen molar-refractivity contribution in [1.82, 2.24) is 14.7 Å². The summed E-state index contributed by atoms with van der Waals surface area (Å²) in [4.78, 5) is 36.4. The van der Waals surface area contributed by atoms with Gasteiger partial charge < -0.3 is 19.8 Å². The second kappa shape index (κ2) is 9.80. The number of carboxylic acid groups (broad SMARTS) is 2. The van der Waals surface area contributed by atoms with Crippen molar-refractivity contribution in [1.29, 1.82) is 0 Å². The molecule has 1 amide bonds. The third-order valence-corrected chi connectivity index (χ3v) is 6.52. The summed E-state index contributed by atoms with van der Waals surface area (Å²) in [5.41, 5.74) is 2.65. The van der Waals surface area contributed by atoms with Crippen LogP contribution in [0.3, 0.4) is 0 Å². The summed E-state index contributed by atoms with van der Waals surface area (Å²) in [5.74, 6) is -4.11. The number of carboxylic acids is 2. The molecule has 172 valence electrons. The number of thioether (sulfide) groups is 1. The Morgan fingerprint density at radius 3 is 2.41 bits per heavy atom. The molecule has 0 bridgehead atoms. The number of amides is 1. The Hall–Kier alpha value is -3.47. The Balaban J connectivity index is 1.77. The predicted octanol–water partition coefficient (Wildman–Crippen LogP) is 1.65. The fraction of sp³-hybridized carbons (Fsp3) is 0.0870.